The fraction of sp³-hybridized carbons (Fsp3) is 0.462. The molecule has 86 valence electrons. The van der Waals surface area contributed by atoms with Crippen LogP contribution >= 0.6 is 0 Å². The fourth-order valence-electron chi connectivity index (χ4n) is 2.37. The number of hydrogen-bond donors (Lipinski definition) is 0. The van der Waals surface area contributed by atoms with Gasteiger partial charge in [0.1, 0.15) is 0 Å². The van der Waals surface area contributed by atoms with Crippen molar-refractivity contribution in [2.45, 2.75) is 19.9 Å². The molecule has 2 amide bonds. The van der Waals surface area contributed by atoms with Crippen LogP contribution in [0.3, 0.4) is 0 Å². The van der Waals surface area contributed by atoms with E-state index in [0.717, 1.165) is 6.54 Å². The van der Waals surface area contributed by atoms with Gasteiger partial charge in [0.25, 0.3) is 0 Å². The number of carbonyl (C=O) groups excluding carboxylic acids is 1. The minimum atomic E-state index is 0.102. The van der Waals surface area contributed by atoms with Gasteiger partial charge in [-0.25, -0.2) is 4.79 Å². The molecule has 1 aliphatic heterocycles. The van der Waals surface area contributed by atoms with E-state index in [1.54, 1.807) is 4.90 Å². The van der Waals surface area contributed by atoms with Gasteiger partial charge < -0.3 is 9.80 Å². The lowest BCUT2D eigenvalue weighted by Gasteiger charge is -2.20. The second-order valence-electron chi connectivity index (χ2n) is 4.65. The molecule has 0 radical (unpaired) electrons. The number of hydrogen-bond acceptors (Lipinski definition) is 1. The molecule has 0 spiro atoms. The van der Waals surface area contributed by atoms with Crippen LogP contribution in [-0.4, -0.2) is 36.5 Å². The van der Waals surface area contributed by atoms with E-state index in [2.05, 4.69) is 32.0 Å². The first kappa shape index (κ1) is 11.0. The molecule has 2 rings (SSSR count). The van der Waals surface area contributed by atoms with Gasteiger partial charge in [-0.1, -0.05) is 23.8 Å². The minimum Gasteiger partial charge on any atom is -0.325 e. The molecular weight excluding hydrogens is 200 g/mol. The molecule has 1 fully saturated rings. The second kappa shape index (κ2) is 3.81. The zero-order valence-corrected chi connectivity index (χ0v) is 10.3. The third kappa shape index (κ3) is 1.66. The van der Waals surface area contributed by atoms with Crippen molar-refractivity contribution in [3.05, 3.63) is 34.9 Å². The highest BCUT2D eigenvalue weighted by Crippen LogP contribution is 2.29. The molecule has 16 heavy (non-hydrogen) atoms. The molecule has 1 saturated heterocycles. The minimum absolute atomic E-state index is 0.102. The zero-order valence-electron chi connectivity index (χ0n) is 10.3. The van der Waals surface area contributed by atoms with Crippen LogP contribution in [0.25, 0.3) is 0 Å². The van der Waals surface area contributed by atoms with E-state index in [-0.39, 0.29) is 12.1 Å². The predicted octanol–water partition coefficient (Wildman–Crippen LogP) is 2.34. The van der Waals surface area contributed by atoms with Gasteiger partial charge in [-0.3, -0.25) is 0 Å². The van der Waals surface area contributed by atoms with Gasteiger partial charge in [0.2, 0.25) is 0 Å². The summed E-state index contributed by atoms with van der Waals surface area (Å²) in [6, 6.07) is 6.71. The Bertz CT molecular complexity index is 428. The maximum Gasteiger partial charge on any atom is 0.320 e. The molecule has 1 aliphatic rings. The summed E-state index contributed by atoms with van der Waals surface area (Å²) in [5, 5.41) is 0. The summed E-state index contributed by atoms with van der Waals surface area (Å²) >= 11 is 0. The first-order valence-electron chi connectivity index (χ1n) is 5.56. The van der Waals surface area contributed by atoms with Crippen LogP contribution in [0.4, 0.5) is 4.79 Å². The summed E-state index contributed by atoms with van der Waals surface area (Å²) in [6.07, 6.45) is 0. The van der Waals surface area contributed by atoms with E-state index >= 15 is 0 Å². The third-order valence-electron chi connectivity index (χ3n) is 3.33. The van der Waals surface area contributed by atoms with Crippen LogP contribution in [0.15, 0.2) is 18.2 Å². The van der Waals surface area contributed by atoms with Gasteiger partial charge in [0.05, 0.1) is 6.04 Å². The number of nitrogens with zero attached hydrogens (tertiary/aromatic N) is 2. The average molecular weight is 218 g/mol. The molecule has 1 unspecified atom stereocenters. The number of aryl methyl sites for hydroxylation is 2. The molecule has 0 aliphatic carbocycles. The Morgan fingerprint density at radius 3 is 2.44 bits per heavy atom. The van der Waals surface area contributed by atoms with Crippen molar-refractivity contribution < 1.29 is 4.79 Å². The fourth-order valence-corrected chi connectivity index (χ4v) is 2.37. The number of likely N-dealkylation sites (N-methyl/N-ethyl adjacent to an activating group) is 2. The standard InChI is InChI=1S/C13H18N2O/c1-9-5-6-11(10(2)7-9)12-8-14(3)13(16)15(12)4/h5-7,12H,8H2,1-4H3. The topological polar surface area (TPSA) is 23.6 Å². The summed E-state index contributed by atoms with van der Waals surface area (Å²) in [5.74, 6) is 0. The Morgan fingerprint density at radius 1 is 1.25 bits per heavy atom. The van der Waals surface area contributed by atoms with E-state index in [1.165, 1.54) is 16.7 Å². The molecule has 3 heteroatoms. The van der Waals surface area contributed by atoms with Crippen molar-refractivity contribution in [2.75, 3.05) is 20.6 Å². The quantitative estimate of drug-likeness (QED) is 0.709. The highest BCUT2D eigenvalue weighted by atomic mass is 16.2. The number of rotatable bonds is 1. The summed E-state index contributed by atoms with van der Waals surface area (Å²) < 4.78 is 0. The first-order chi connectivity index (χ1) is 7.50. The maximum atomic E-state index is 11.7. The second-order valence-corrected chi connectivity index (χ2v) is 4.65. The molecular formula is C13H18N2O. The smallest absolute Gasteiger partial charge is 0.320 e. The van der Waals surface area contributed by atoms with Crippen LogP contribution in [0.5, 0.6) is 0 Å². The molecule has 0 N–H and O–H groups in total. The van der Waals surface area contributed by atoms with E-state index in [0.29, 0.717) is 0 Å². The Labute approximate surface area is 96.7 Å². The summed E-state index contributed by atoms with van der Waals surface area (Å²) in [7, 11) is 3.72. The van der Waals surface area contributed by atoms with Crippen molar-refractivity contribution in [2.24, 2.45) is 0 Å². The average Bonchev–Trinajstić information content (AvgIpc) is 2.46. The first-order valence-corrected chi connectivity index (χ1v) is 5.56. The Morgan fingerprint density at radius 2 is 1.94 bits per heavy atom. The molecule has 0 bridgehead atoms. The van der Waals surface area contributed by atoms with Crippen molar-refractivity contribution in [1.29, 1.82) is 0 Å². The lowest BCUT2D eigenvalue weighted by atomic mass is 9.99. The Balaban J connectivity index is 2.35. The number of carbonyl (C=O) groups is 1. The summed E-state index contributed by atoms with van der Waals surface area (Å²) in [6.45, 7) is 4.98. The van der Waals surface area contributed by atoms with Gasteiger partial charge in [0, 0.05) is 20.6 Å². The predicted molar refractivity (Wildman–Crippen MR) is 64.4 cm³/mol. The molecule has 0 saturated carbocycles. The van der Waals surface area contributed by atoms with Gasteiger partial charge >= 0.3 is 6.03 Å². The van der Waals surface area contributed by atoms with Crippen molar-refractivity contribution >= 4 is 6.03 Å². The normalized spacial score (nSPS) is 20.8. The molecule has 1 heterocycles. The lowest BCUT2D eigenvalue weighted by molar-refractivity contribution is 0.201. The number of benzene rings is 1. The van der Waals surface area contributed by atoms with Crippen molar-refractivity contribution in [3.8, 4) is 0 Å². The number of urea groups is 1. The molecule has 0 aromatic heterocycles. The monoisotopic (exact) mass is 218 g/mol. The van der Waals surface area contributed by atoms with Crippen molar-refractivity contribution in [1.82, 2.24) is 9.80 Å². The van der Waals surface area contributed by atoms with Gasteiger partial charge in [-0.15, -0.1) is 0 Å². The van der Waals surface area contributed by atoms with Gasteiger partial charge in [-0.2, -0.15) is 0 Å². The van der Waals surface area contributed by atoms with Gasteiger partial charge in [-0.05, 0) is 25.0 Å². The van der Waals surface area contributed by atoms with Crippen LogP contribution < -0.4 is 0 Å². The molecule has 1 atom stereocenters. The molecule has 1 aromatic rings. The van der Waals surface area contributed by atoms with Crippen LogP contribution in [-0.2, 0) is 0 Å². The Kier molecular flexibility index (Phi) is 2.62. The van der Waals surface area contributed by atoms with E-state index in [4.69, 9.17) is 0 Å². The number of amides is 2. The van der Waals surface area contributed by atoms with Crippen LogP contribution in [0.1, 0.15) is 22.7 Å². The highest BCUT2D eigenvalue weighted by molar-refractivity contribution is 5.77. The SMILES string of the molecule is Cc1ccc(C2CN(C)C(=O)N2C)c(C)c1. The van der Waals surface area contributed by atoms with Crippen molar-refractivity contribution in [3.63, 3.8) is 0 Å². The summed E-state index contributed by atoms with van der Waals surface area (Å²) in [5.41, 5.74) is 3.78. The molecule has 1 aromatic carbocycles. The van der Waals surface area contributed by atoms with E-state index in [1.807, 2.05) is 19.0 Å². The van der Waals surface area contributed by atoms with E-state index < -0.39 is 0 Å². The Hall–Kier alpha value is -1.51. The lowest BCUT2D eigenvalue weighted by Crippen LogP contribution is -2.26. The highest BCUT2D eigenvalue weighted by Gasteiger charge is 2.33. The van der Waals surface area contributed by atoms with Crippen LogP contribution in [0, 0.1) is 13.8 Å². The maximum absolute atomic E-state index is 11.7. The van der Waals surface area contributed by atoms with Gasteiger partial charge in [0.15, 0.2) is 0 Å². The molecule has 3 nitrogen and oxygen atoms in total. The van der Waals surface area contributed by atoms with Crippen LogP contribution in [0.2, 0.25) is 0 Å². The van der Waals surface area contributed by atoms with E-state index in [9.17, 15) is 4.79 Å². The third-order valence-corrected chi connectivity index (χ3v) is 3.33. The zero-order chi connectivity index (χ0) is 11.9. The largest absolute Gasteiger partial charge is 0.325 e. The summed E-state index contributed by atoms with van der Waals surface area (Å²) in [4.78, 5) is 15.3.